The lowest BCUT2D eigenvalue weighted by atomic mass is 9.86. The second-order valence-electron chi connectivity index (χ2n) is 6.69. The third-order valence-electron chi connectivity index (χ3n) is 5.35. The number of halogens is 1. The van der Waals surface area contributed by atoms with Gasteiger partial charge in [0.05, 0.1) is 0 Å². The van der Waals surface area contributed by atoms with E-state index in [0.717, 1.165) is 36.2 Å². The minimum atomic E-state index is 0. The van der Waals surface area contributed by atoms with Gasteiger partial charge in [-0.3, -0.25) is 4.99 Å². The summed E-state index contributed by atoms with van der Waals surface area (Å²) >= 11 is 0. The van der Waals surface area contributed by atoms with Gasteiger partial charge in [-0.2, -0.15) is 0 Å². The van der Waals surface area contributed by atoms with Crippen LogP contribution in [0, 0.1) is 23.7 Å². The van der Waals surface area contributed by atoms with Gasteiger partial charge in [-0.15, -0.1) is 24.0 Å². The molecule has 0 heterocycles. The predicted octanol–water partition coefficient (Wildman–Crippen LogP) is 3.00. The van der Waals surface area contributed by atoms with E-state index in [-0.39, 0.29) is 24.0 Å². The SMILES string of the molecule is CN=C(NCCC1CC2CCC1C2)NC1CC1C.I. The molecule has 2 bridgehead atoms. The topological polar surface area (TPSA) is 36.4 Å². The van der Waals surface area contributed by atoms with Crippen molar-refractivity contribution >= 4 is 29.9 Å². The highest BCUT2D eigenvalue weighted by atomic mass is 127. The second kappa shape index (κ2) is 6.64. The lowest BCUT2D eigenvalue weighted by Crippen LogP contribution is -2.40. The summed E-state index contributed by atoms with van der Waals surface area (Å²) < 4.78 is 0. The van der Waals surface area contributed by atoms with E-state index in [0.29, 0.717) is 6.04 Å². The van der Waals surface area contributed by atoms with E-state index in [1.54, 1.807) is 0 Å². The zero-order chi connectivity index (χ0) is 12.5. The molecular weight excluding hydrogens is 349 g/mol. The molecule has 3 aliphatic carbocycles. The molecule has 2 N–H and O–H groups in total. The summed E-state index contributed by atoms with van der Waals surface area (Å²) in [5.74, 6) is 4.95. The maximum Gasteiger partial charge on any atom is 0.191 e. The molecule has 0 saturated heterocycles. The monoisotopic (exact) mass is 377 g/mol. The van der Waals surface area contributed by atoms with E-state index in [1.165, 1.54) is 38.5 Å². The quantitative estimate of drug-likeness (QED) is 0.449. The minimum absolute atomic E-state index is 0. The number of fused-ring (bicyclic) bond motifs is 2. The van der Waals surface area contributed by atoms with Crippen molar-refractivity contribution in [3.8, 4) is 0 Å². The standard InChI is InChI=1S/C15H27N3.HI/c1-10-7-14(10)18-15(16-2)17-6-5-13-9-11-3-4-12(13)8-11;/h10-14H,3-9H2,1-2H3,(H2,16,17,18);1H. The molecule has 3 aliphatic rings. The Kier molecular flexibility index (Phi) is 5.37. The van der Waals surface area contributed by atoms with Gasteiger partial charge in [-0.1, -0.05) is 13.3 Å². The first-order chi connectivity index (χ1) is 8.76. The first-order valence-corrected chi connectivity index (χ1v) is 7.73. The van der Waals surface area contributed by atoms with E-state index < -0.39 is 0 Å². The highest BCUT2D eigenvalue weighted by Crippen LogP contribution is 2.49. The summed E-state index contributed by atoms with van der Waals surface area (Å²) in [6.45, 7) is 3.38. The zero-order valence-corrected chi connectivity index (χ0v) is 14.5. The van der Waals surface area contributed by atoms with Crippen LogP contribution < -0.4 is 10.6 Å². The Hall–Kier alpha value is 0. The molecule has 0 aliphatic heterocycles. The van der Waals surface area contributed by atoms with Gasteiger partial charge in [-0.05, 0) is 55.8 Å². The molecule has 3 nitrogen and oxygen atoms in total. The van der Waals surface area contributed by atoms with Crippen molar-refractivity contribution in [3.05, 3.63) is 0 Å². The summed E-state index contributed by atoms with van der Waals surface area (Å²) in [4.78, 5) is 4.31. The molecule has 5 unspecified atom stereocenters. The number of guanidine groups is 1. The fourth-order valence-corrected chi connectivity index (χ4v) is 4.00. The van der Waals surface area contributed by atoms with Gasteiger partial charge in [0.25, 0.3) is 0 Å². The van der Waals surface area contributed by atoms with Gasteiger partial charge in [0.1, 0.15) is 0 Å². The highest BCUT2D eigenvalue weighted by molar-refractivity contribution is 14.0. The van der Waals surface area contributed by atoms with Crippen molar-refractivity contribution in [1.29, 1.82) is 0 Å². The molecule has 4 heteroatoms. The average Bonchev–Trinajstić information content (AvgIpc) is 2.82. The molecule has 0 aromatic carbocycles. The van der Waals surface area contributed by atoms with Crippen LogP contribution in [-0.4, -0.2) is 25.6 Å². The molecule has 110 valence electrons. The third-order valence-corrected chi connectivity index (χ3v) is 5.35. The summed E-state index contributed by atoms with van der Waals surface area (Å²) in [6, 6.07) is 0.665. The van der Waals surface area contributed by atoms with Crippen LogP contribution in [0.3, 0.4) is 0 Å². The fourth-order valence-electron chi connectivity index (χ4n) is 4.00. The maximum absolute atomic E-state index is 4.31. The molecule has 0 spiro atoms. The van der Waals surface area contributed by atoms with Crippen molar-refractivity contribution in [2.75, 3.05) is 13.6 Å². The van der Waals surface area contributed by atoms with Crippen LogP contribution >= 0.6 is 24.0 Å². The maximum atomic E-state index is 4.31. The van der Waals surface area contributed by atoms with Crippen LogP contribution in [0.1, 0.15) is 45.4 Å². The Balaban J connectivity index is 0.00000133. The van der Waals surface area contributed by atoms with Crippen LogP contribution in [0.25, 0.3) is 0 Å². The van der Waals surface area contributed by atoms with Gasteiger partial charge in [0.2, 0.25) is 0 Å². The summed E-state index contributed by atoms with van der Waals surface area (Å²) in [7, 11) is 1.87. The van der Waals surface area contributed by atoms with E-state index >= 15 is 0 Å². The molecule has 5 atom stereocenters. The van der Waals surface area contributed by atoms with Crippen LogP contribution in [0.2, 0.25) is 0 Å². The van der Waals surface area contributed by atoms with Crippen LogP contribution in [0.4, 0.5) is 0 Å². The van der Waals surface area contributed by atoms with Crippen LogP contribution in [0.15, 0.2) is 4.99 Å². The summed E-state index contributed by atoms with van der Waals surface area (Å²) in [5, 5.41) is 6.98. The van der Waals surface area contributed by atoms with E-state index in [4.69, 9.17) is 0 Å². The smallest absolute Gasteiger partial charge is 0.191 e. The molecule has 0 aromatic heterocycles. The Morgan fingerprint density at radius 2 is 2.00 bits per heavy atom. The van der Waals surface area contributed by atoms with Gasteiger partial charge in [0.15, 0.2) is 5.96 Å². The largest absolute Gasteiger partial charge is 0.356 e. The van der Waals surface area contributed by atoms with Crippen molar-refractivity contribution in [2.45, 2.75) is 51.5 Å². The fraction of sp³-hybridized carbons (Fsp3) is 0.933. The highest BCUT2D eigenvalue weighted by Gasteiger charge is 2.39. The molecule has 0 amide bonds. The Morgan fingerprint density at radius 3 is 2.53 bits per heavy atom. The molecule has 0 radical (unpaired) electrons. The van der Waals surface area contributed by atoms with E-state index in [2.05, 4.69) is 22.5 Å². The van der Waals surface area contributed by atoms with Gasteiger partial charge >= 0.3 is 0 Å². The predicted molar refractivity (Wildman–Crippen MR) is 91.0 cm³/mol. The molecule has 3 saturated carbocycles. The van der Waals surface area contributed by atoms with Crippen molar-refractivity contribution in [3.63, 3.8) is 0 Å². The Labute approximate surface area is 134 Å². The molecule has 19 heavy (non-hydrogen) atoms. The molecule has 0 aromatic rings. The Morgan fingerprint density at radius 1 is 1.21 bits per heavy atom. The zero-order valence-electron chi connectivity index (χ0n) is 12.2. The lowest BCUT2D eigenvalue weighted by Gasteiger charge is -2.22. The molecule has 3 fully saturated rings. The lowest BCUT2D eigenvalue weighted by molar-refractivity contribution is 0.315. The average molecular weight is 377 g/mol. The van der Waals surface area contributed by atoms with Gasteiger partial charge in [0, 0.05) is 19.6 Å². The van der Waals surface area contributed by atoms with Crippen molar-refractivity contribution < 1.29 is 0 Å². The molecule has 3 rings (SSSR count). The van der Waals surface area contributed by atoms with Crippen molar-refractivity contribution in [2.24, 2.45) is 28.7 Å². The van der Waals surface area contributed by atoms with Crippen LogP contribution in [-0.2, 0) is 0 Å². The number of nitrogens with zero attached hydrogens (tertiary/aromatic N) is 1. The molecular formula is C15H28IN3. The van der Waals surface area contributed by atoms with Gasteiger partial charge < -0.3 is 10.6 Å². The minimum Gasteiger partial charge on any atom is -0.356 e. The van der Waals surface area contributed by atoms with E-state index in [9.17, 15) is 0 Å². The number of hydrogen-bond acceptors (Lipinski definition) is 1. The first kappa shape index (κ1) is 15.4. The summed E-state index contributed by atoms with van der Waals surface area (Å²) in [5.41, 5.74) is 0. The number of hydrogen-bond donors (Lipinski definition) is 2. The number of aliphatic imine (C=N–C) groups is 1. The number of nitrogens with one attached hydrogen (secondary N) is 2. The number of rotatable bonds is 4. The normalized spacial score (nSPS) is 39.9. The van der Waals surface area contributed by atoms with E-state index in [1.807, 2.05) is 7.05 Å². The Bertz CT molecular complexity index is 331. The van der Waals surface area contributed by atoms with Crippen molar-refractivity contribution in [1.82, 2.24) is 10.6 Å². The second-order valence-corrected chi connectivity index (χ2v) is 6.69. The van der Waals surface area contributed by atoms with Gasteiger partial charge in [-0.25, -0.2) is 0 Å². The first-order valence-electron chi connectivity index (χ1n) is 7.73. The third kappa shape index (κ3) is 3.76. The summed E-state index contributed by atoms with van der Waals surface area (Å²) in [6.07, 6.45) is 8.67. The van der Waals surface area contributed by atoms with Crippen LogP contribution in [0.5, 0.6) is 0 Å².